The van der Waals surface area contributed by atoms with Crippen LogP contribution in [0.25, 0.3) is 0 Å². The molecule has 0 bridgehead atoms. The van der Waals surface area contributed by atoms with Crippen molar-refractivity contribution in [2.24, 2.45) is 0 Å². The molecule has 0 atom stereocenters. The fourth-order valence-electron chi connectivity index (χ4n) is 1.70. The molecular formula is C14H23FN2O. The Labute approximate surface area is 109 Å². The van der Waals surface area contributed by atoms with E-state index in [0.29, 0.717) is 6.54 Å². The molecule has 0 saturated carbocycles. The summed E-state index contributed by atoms with van der Waals surface area (Å²) < 4.78 is 18.4. The Hall–Kier alpha value is -0.970. The third-order valence-corrected chi connectivity index (χ3v) is 2.71. The maximum atomic E-state index is 13.4. The molecule has 0 saturated heterocycles. The monoisotopic (exact) mass is 254 g/mol. The quantitative estimate of drug-likeness (QED) is 0.660. The lowest BCUT2D eigenvalue weighted by molar-refractivity contribution is 0.199. The second-order valence-corrected chi connectivity index (χ2v) is 4.37. The first kappa shape index (κ1) is 15.1. The van der Waals surface area contributed by atoms with Crippen molar-refractivity contribution < 1.29 is 9.13 Å². The Morgan fingerprint density at radius 3 is 2.72 bits per heavy atom. The molecule has 0 unspecified atom stereocenters. The second kappa shape index (κ2) is 9.03. The molecule has 18 heavy (non-hydrogen) atoms. The molecule has 0 radical (unpaired) electrons. The van der Waals surface area contributed by atoms with Gasteiger partial charge in [-0.2, -0.15) is 0 Å². The fraction of sp³-hybridized carbons (Fsp3) is 0.571. The van der Waals surface area contributed by atoms with Gasteiger partial charge in [-0.1, -0.05) is 17.7 Å². The molecule has 3 nitrogen and oxygen atoms in total. The van der Waals surface area contributed by atoms with Gasteiger partial charge in [-0.05, 0) is 32.5 Å². The number of methoxy groups -OCH3 is 1. The van der Waals surface area contributed by atoms with Crippen LogP contribution in [0.4, 0.5) is 4.39 Å². The molecule has 0 aliphatic heterocycles. The number of hydrogen-bond acceptors (Lipinski definition) is 3. The van der Waals surface area contributed by atoms with Crippen molar-refractivity contribution in [2.45, 2.75) is 19.9 Å². The van der Waals surface area contributed by atoms with Crippen molar-refractivity contribution in [2.75, 3.05) is 33.4 Å². The van der Waals surface area contributed by atoms with Crippen molar-refractivity contribution in [1.82, 2.24) is 10.6 Å². The number of ether oxygens (including phenoxy) is 1. The smallest absolute Gasteiger partial charge is 0.127 e. The molecule has 4 heteroatoms. The van der Waals surface area contributed by atoms with Crippen molar-refractivity contribution in [3.63, 3.8) is 0 Å². The van der Waals surface area contributed by atoms with Gasteiger partial charge in [0.2, 0.25) is 0 Å². The van der Waals surface area contributed by atoms with E-state index in [1.165, 1.54) is 6.07 Å². The number of aryl methyl sites for hydroxylation is 1. The molecule has 1 aromatic rings. The number of rotatable bonds is 9. The molecule has 0 amide bonds. The maximum absolute atomic E-state index is 13.4. The van der Waals surface area contributed by atoms with E-state index in [4.69, 9.17) is 4.74 Å². The van der Waals surface area contributed by atoms with Crippen LogP contribution >= 0.6 is 0 Å². The van der Waals surface area contributed by atoms with E-state index in [1.807, 2.05) is 13.0 Å². The van der Waals surface area contributed by atoms with E-state index in [-0.39, 0.29) is 5.82 Å². The first-order valence-electron chi connectivity index (χ1n) is 6.39. The first-order valence-corrected chi connectivity index (χ1v) is 6.39. The zero-order valence-electron chi connectivity index (χ0n) is 11.3. The van der Waals surface area contributed by atoms with E-state index in [0.717, 1.165) is 43.8 Å². The largest absolute Gasteiger partial charge is 0.383 e. The minimum absolute atomic E-state index is 0.133. The highest BCUT2D eigenvalue weighted by Gasteiger charge is 2.01. The topological polar surface area (TPSA) is 33.3 Å². The standard InChI is InChI=1S/C14H23FN2O/c1-12-4-5-14(15)13(10-12)11-17-7-3-6-16-8-9-18-2/h4-5,10,16-17H,3,6-9,11H2,1-2H3. The average molecular weight is 254 g/mol. The molecule has 0 aliphatic rings. The summed E-state index contributed by atoms with van der Waals surface area (Å²) in [6.07, 6.45) is 1.02. The fourth-order valence-corrected chi connectivity index (χ4v) is 1.70. The van der Waals surface area contributed by atoms with Crippen LogP contribution < -0.4 is 10.6 Å². The van der Waals surface area contributed by atoms with Crippen LogP contribution in [0, 0.1) is 12.7 Å². The van der Waals surface area contributed by atoms with Crippen molar-refractivity contribution in [3.05, 3.63) is 35.1 Å². The highest BCUT2D eigenvalue weighted by Crippen LogP contribution is 2.09. The van der Waals surface area contributed by atoms with Gasteiger partial charge in [-0.25, -0.2) is 4.39 Å². The summed E-state index contributed by atoms with van der Waals surface area (Å²) in [5.41, 5.74) is 1.83. The molecule has 102 valence electrons. The van der Waals surface area contributed by atoms with Crippen LogP contribution in [0.3, 0.4) is 0 Å². The summed E-state index contributed by atoms with van der Waals surface area (Å²) in [4.78, 5) is 0. The normalized spacial score (nSPS) is 10.8. The first-order chi connectivity index (χ1) is 8.74. The van der Waals surface area contributed by atoms with E-state index in [2.05, 4.69) is 10.6 Å². The van der Waals surface area contributed by atoms with Gasteiger partial charge in [0.25, 0.3) is 0 Å². The summed E-state index contributed by atoms with van der Waals surface area (Å²) in [6.45, 7) is 6.01. The Balaban J connectivity index is 2.09. The van der Waals surface area contributed by atoms with Gasteiger partial charge >= 0.3 is 0 Å². The van der Waals surface area contributed by atoms with E-state index >= 15 is 0 Å². The van der Waals surface area contributed by atoms with Gasteiger partial charge in [-0.15, -0.1) is 0 Å². The van der Waals surface area contributed by atoms with E-state index in [1.54, 1.807) is 13.2 Å². The predicted octanol–water partition coefficient (Wildman–Crippen LogP) is 1.85. The zero-order valence-corrected chi connectivity index (χ0v) is 11.3. The van der Waals surface area contributed by atoms with Gasteiger partial charge in [0.15, 0.2) is 0 Å². The Morgan fingerprint density at radius 2 is 1.94 bits per heavy atom. The van der Waals surface area contributed by atoms with Gasteiger partial charge in [0.05, 0.1) is 6.61 Å². The van der Waals surface area contributed by atoms with Crippen molar-refractivity contribution >= 4 is 0 Å². The SMILES string of the molecule is COCCNCCCNCc1cc(C)ccc1F. The van der Waals surface area contributed by atoms with Crippen LogP contribution in [-0.2, 0) is 11.3 Å². The van der Waals surface area contributed by atoms with Crippen LogP contribution in [0.2, 0.25) is 0 Å². The summed E-state index contributed by atoms with van der Waals surface area (Å²) in [5.74, 6) is -0.133. The lowest BCUT2D eigenvalue weighted by Crippen LogP contribution is -2.24. The van der Waals surface area contributed by atoms with Crippen LogP contribution in [-0.4, -0.2) is 33.4 Å². The van der Waals surface area contributed by atoms with Gasteiger partial charge in [0.1, 0.15) is 5.82 Å². The molecule has 2 N–H and O–H groups in total. The van der Waals surface area contributed by atoms with E-state index < -0.39 is 0 Å². The van der Waals surface area contributed by atoms with Gasteiger partial charge in [-0.3, -0.25) is 0 Å². The van der Waals surface area contributed by atoms with Crippen molar-refractivity contribution in [3.8, 4) is 0 Å². The number of hydrogen-bond donors (Lipinski definition) is 2. The van der Waals surface area contributed by atoms with Crippen LogP contribution in [0.15, 0.2) is 18.2 Å². The minimum atomic E-state index is -0.133. The predicted molar refractivity (Wildman–Crippen MR) is 72.2 cm³/mol. The molecule has 1 rings (SSSR count). The molecule has 0 aromatic heterocycles. The minimum Gasteiger partial charge on any atom is -0.383 e. The van der Waals surface area contributed by atoms with E-state index in [9.17, 15) is 4.39 Å². The summed E-state index contributed by atoms with van der Waals surface area (Å²) in [7, 11) is 1.69. The third-order valence-electron chi connectivity index (χ3n) is 2.71. The lowest BCUT2D eigenvalue weighted by Gasteiger charge is -2.07. The van der Waals surface area contributed by atoms with Crippen LogP contribution in [0.5, 0.6) is 0 Å². The molecular weight excluding hydrogens is 231 g/mol. The highest BCUT2D eigenvalue weighted by molar-refractivity contribution is 5.23. The Kier molecular flexibility index (Phi) is 7.57. The average Bonchev–Trinajstić information content (AvgIpc) is 2.36. The summed E-state index contributed by atoms with van der Waals surface area (Å²) in [5, 5.41) is 6.52. The zero-order chi connectivity index (χ0) is 13.2. The van der Waals surface area contributed by atoms with Crippen molar-refractivity contribution in [1.29, 1.82) is 0 Å². The van der Waals surface area contributed by atoms with Gasteiger partial charge < -0.3 is 15.4 Å². The highest BCUT2D eigenvalue weighted by atomic mass is 19.1. The molecule has 1 aromatic carbocycles. The molecule has 0 fully saturated rings. The Bertz CT molecular complexity index is 345. The van der Waals surface area contributed by atoms with Crippen LogP contribution in [0.1, 0.15) is 17.5 Å². The number of nitrogens with one attached hydrogen (secondary N) is 2. The maximum Gasteiger partial charge on any atom is 0.127 e. The van der Waals surface area contributed by atoms with Gasteiger partial charge in [0, 0.05) is 25.8 Å². The third kappa shape index (κ3) is 6.10. The number of halogens is 1. The lowest BCUT2D eigenvalue weighted by atomic mass is 10.1. The Morgan fingerprint density at radius 1 is 1.17 bits per heavy atom. The molecule has 0 heterocycles. The second-order valence-electron chi connectivity index (χ2n) is 4.37. The molecule has 0 aliphatic carbocycles. The summed E-state index contributed by atoms with van der Waals surface area (Å²) >= 11 is 0. The number of benzene rings is 1. The molecule has 0 spiro atoms. The summed E-state index contributed by atoms with van der Waals surface area (Å²) in [6, 6.07) is 5.20.